The lowest BCUT2D eigenvalue weighted by Gasteiger charge is -2.19. The lowest BCUT2D eigenvalue weighted by atomic mass is 10.0. The summed E-state index contributed by atoms with van der Waals surface area (Å²) >= 11 is 0. The van der Waals surface area contributed by atoms with Crippen molar-refractivity contribution in [2.24, 2.45) is 11.8 Å². The van der Waals surface area contributed by atoms with E-state index in [1.165, 1.54) is 5.56 Å². The monoisotopic (exact) mass is 376 g/mol. The van der Waals surface area contributed by atoms with E-state index < -0.39 is 0 Å². The quantitative estimate of drug-likeness (QED) is 0.834. The minimum Gasteiger partial charge on any atom is -0.344 e. The van der Waals surface area contributed by atoms with E-state index in [9.17, 15) is 4.79 Å². The molecule has 0 spiro atoms. The Bertz CT molecular complexity index is 920. The van der Waals surface area contributed by atoms with Gasteiger partial charge in [-0.15, -0.1) is 0 Å². The zero-order valence-corrected chi connectivity index (χ0v) is 15.8. The molecule has 2 fully saturated rings. The first-order valence-corrected chi connectivity index (χ1v) is 9.92. The number of allylic oxidation sites excluding steroid dienone is 1. The SMILES string of the molecule is C=C1CCc2cc(/C=C/C(=O)N3CC4CC(n5nccn5)CC4C3)cnc2N1. The number of hydrogen-bond acceptors (Lipinski definition) is 5. The van der Waals surface area contributed by atoms with Gasteiger partial charge < -0.3 is 10.2 Å². The third kappa shape index (κ3) is 3.21. The molecule has 7 heteroatoms. The van der Waals surface area contributed by atoms with Gasteiger partial charge in [0.15, 0.2) is 0 Å². The lowest BCUT2D eigenvalue weighted by molar-refractivity contribution is -0.125. The third-order valence-corrected chi connectivity index (χ3v) is 6.20. The van der Waals surface area contributed by atoms with Gasteiger partial charge in [0.25, 0.3) is 0 Å². The van der Waals surface area contributed by atoms with Crippen LogP contribution in [0.5, 0.6) is 0 Å². The molecule has 144 valence electrons. The highest BCUT2D eigenvalue weighted by atomic mass is 16.2. The van der Waals surface area contributed by atoms with Crippen LogP contribution in [-0.4, -0.2) is 43.9 Å². The molecule has 1 amide bonds. The third-order valence-electron chi connectivity index (χ3n) is 6.20. The Morgan fingerprint density at radius 2 is 1.93 bits per heavy atom. The summed E-state index contributed by atoms with van der Waals surface area (Å²) < 4.78 is 0. The van der Waals surface area contributed by atoms with Gasteiger partial charge in [-0.3, -0.25) is 4.79 Å². The number of anilines is 1. The van der Waals surface area contributed by atoms with Crippen molar-refractivity contribution >= 4 is 17.8 Å². The topological polar surface area (TPSA) is 75.9 Å². The van der Waals surface area contributed by atoms with Gasteiger partial charge in [0, 0.05) is 31.1 Å². The summed E-state index contributed by atoms with van der Waals surface area (Å²) in [5.41, 5.74) is 3.14. The molecule has 2 atom stereocenters. The Hall–Kier alpha value is -2.96. The first kappa shape index (κ1) is 17.2. The number of amides is 1. The molecule has 1 aliphatic carbocycles. The number of aromatic nitrogens is 4. The molecule has 7 nitrogen and oxygen atoms in total. The van der Waals surface area contributed by atoms with Crippen molar-refractivity contribution in [3.63, 3.8) is 0 Å². The van der Waals surface area contributed by atoms with Gasteiger partial charge in [0.2, 0.25) is 5.91 Å². The van der Waals surface area contributed by atoms with Crippen LogP contribution in [0.4, 0.5) is 5.82 Å². The first-order valence-electron chi connectivity index (χ1n) is 9.92. The Kier molecular flexibility index (Phi) is 4.22. The fraction of sp³-hybridized carbons (Fsp3) is 0.429. The second kappa shape index (κ2) is 6.89. The predicted octanol–water partition coefficient (Wildman–Crippen LogP) is 2.67. The van der Waals surface area contributed by atoms with Crippen molar-refractivity contribution in [3.05, 3.63) is 54.1 Å². The molecule has 2 aromatic heterocycles. The van der Waals surface area contributed by atoms with Crippen LogP contribution in [0.2, 0.25) is 0 Å². The summed E-state index contributed by atoms with van der Waals surface area (Å²) in [6.07, 6.45) is 12.8. The molecule has 2 unspecified atom stereocenters. The number of carbonyl (C=O) groups is 1. The maximum absolute atomic E-state index is 12.7. The van der Waals surface area contributed by atoms with Crippen LogP contribution in [0.15, 0.2) is 43.0 Å². The van der Waals surface area contributed by atoms with Gasteiger partial charge in [-0.25, -0.2) is 4.98 Å². The van der Waals surface area contributed by atoms with Gasteiger partial charge in [0.05, 0.1) is 18.4 Å². The van der Waals surface area contributed by atoms with Crippen LogP contribution in [0.25, 0.3) is 6.08 Å². The molecule has 0 radical (unpaired) electrons. The van der Waals surface area contributed by atoms with Crippen molar-refractivity contribution in [1.82, 2.24) is 24.9 Å². The van der Waals surface area contributed by atoms with E-state index in [0.29, 0.717) is 17.9 Å². The molecule has 3 aliphatic rings. The lowest BCUT2D eigenvalue weighted by Crippen LogP contribution is -2.28. The second-order valence-electron chi connectivity index (χ2n) is 8.08. The summed E-state index contributed by atoms with van der Waals surface area (Å²) in [5, 5.41) is 11.8. The minimum atomic E-state index is 0.0902. The summed E-state index contributed by atoms with van der Waals surface area (Å²) in [6.45, 7) is 5.63. The molecule has 28 heavy (non-hydrogen) atoms. The average molecular weight is 376 g/mol. The minimum absolute atomic E-state index is 0.0902. The molecule has 2 aromatic rings. The zero-order chi connectivity index (χ0) is 19.1. The Morgan fingerprint density at radius 1 is 1.18 bits per heavy atom. The predicted molar refractivity (Wildman–Crippen MR) is 106 cm³/mol. The van der Waals surface area contributed by atoms with Crippen molar-refractivity contribution in [2.45, 2.75) is 31.7 Å². The van der Waals surface area contributed by atoms with Crippen molar-refractivity contribution in [3.8, 4) is 0 Å². The van der Waals surface area contributed by atoms with E-state index >= 15 is 0 Å². The highest BCUT2D eigenvalue weighted by molar-refractivity contribution is 5.92. The fourth-order valence-electron chi connectivity index (χ4n) is 4.76. The van der Waals surface area contributed by atoms with Crippen LogP contribution < -0.4 is 5.32 Å². The van der Waals surface area contributed by atoms with E-state index in [2.05, 4.69) is 33.1 Å². The summed E-state index contributed by atoms with van der Waals surface area (Å²) in [6, 6.07) is 2.48. The number of rotatable bonds is 3. The highest BCUT2D eigenvalue weighted by Crippen LogP contribution is 2.43. The van der Waals surface area contributed by atoms with Crippen molar-refractivity contribution in [2.75, 3.05) is 18.4 Å². The number of carbonyl (C=O) groups excluding carboxylic acids is 1. The number of fused-ring (bicyclic) bond motifs is 2. The smallest absolute Gasteiger partial charge is 0.246 e. The summed E-state index contributed by atoms with van der Waals surface area (Å²) in [4.78, 5) is 20.9. The maximum atomic E-state index is 12.7. The summed E-state index contributed by atoms with van der Waals surface area (Å²) in [7, 11) is 0. The molecule has 1 saturated carbocycles. The highest BCUT2D eigenvalue weighted by Gasteiger charge is 2.43. The molecule has 0 bridgehead atoms. The molecule has 1 saturated heterocycles. The number of pyridine rings is 1. The number of nitrogens with one attached hydrogen (secondary N) is 1. The molecule has 0 aromatic carbocycles. The maximum Gasteiger partial charge on any atom is 0.246 e. The number of nitrogens with zero attached hydrogens (tertiary/aromatic N) is 5. The Morgan fingerprint density at radius 3 is 2.68 bits per heavy atom. The molecular weight excluding hydrogens is 352 g/mol. The molecule has 4 heterocycles. The second-order valence-corrected chi connectivity index (χ2v) is 8.08. The number of likely N-dealkylation sites (tertiary alicyclic amines) is 1. The van der Waals surface area contributed by atoms with Crippen LogP contribution in [0, 0.1) is 11.8 Å². The van der Waals surface area contributed by atoms with Gasteiger partial charge in [-0.05, 0) is 60.8 Å². The van der Waals surface area contributed by atoms with Gasteiger partial charge in [-0.1, -0.05) is 6.58 Å². The fourth-order valence-corrected chi connectivity index (χ4v) is 4.76. The molecule has 1 N–H and O–H groups in total. The van der Waals surface area contributed by atoms with Crippen LogP contribution in [0.3, 0.4) is 0 Å². The normalized spacial score (nSPS) is 26.4. The Balaban J connectivity index is 1.20. The van der Waals surface area contributed by atoms with E-state index in [0.717, 1.165) is 55.9 Å². The first-order chi connectivity index (χ1) is 13.7. The van der Waals surface area contributed by atoms with Crippen molar-refractivity contribution in [1.29, 1.82) is 0 Å². The average Bonchev–Trinajstić information content (AvgIpc) is 3.41. The largest absolute Gasteiger partial charge is 0.344 e. The molecule has 2 aliphatic heterocycles. The van der Waals surface area contributed by atoms with E-state index in [1.54, 1.807) is 24.7 Å². The number of hydrogen-bond donors (Lipinski definition) is 1. The molecule has 5 rings (SSSR count). The van der Waals surface area contributed by atoms with Gasteiger partial charge >= 0.3 is 0 Å². The Labute approximate surface area is 164 Å². The van der Waals surface area contributed by atoms with E-state index in [-0.39, 0.29) is 5.91 Å². The van der Waals surface area contributed by atoms with E-state index in [4.69, 9.17) is 0 Å². The van der Waals surface area contributed by atoms with Gasteiger partial charge in [-0.2, -0.15) is 15.0 Å². The van der Waals surface area contributed by atoms with Crippen LogP contribution >= 0.6 is 0 Å². The molecular formula is C21H24N6O. The number of aryl methyl sites for hydroxylation is 1. The van der Waals surface area contributed by atoms with E-state index in [1.807, 2.05) is 15.8 Å². The van der Waals surface area contributed by atoms with Gasteiger partial charge in [0.1, 0.15) is 5.82 Å². The van der Waals surface area contributed by atoms with Crippen LogP contribution in [0.1, 0.15) is 36.4 Å². The zero-order valence-electron chi connectivity index (χ0n) is 15.8. The van der Waals surface area contributed by atoms with Crippen molar-refractivity contribution < 1.29 is 4.79 Å². The van der Waals surface area contributed by atoms with Crippen LogP contribution in [-0.2, 0) is 11.2 Å². The summed E-state index contributed by atoms with van der Waals surface area (Å²) in [5.74, 6) is 2.08. The standard InChI is InChI=1S/C21H24N6O/c1-14-2-4-16-8-15(11-22-21(16)25-14)3-5-20(28)26-12-17-9-19(10-18(17)13-26)27-23-6-7-24-27/h3,5-8,11,17-19H,1-2,4,9-10,12-13H2,(H,22,25)/b5-3+.